The van der Waals surface area contributed by atoms with Crippen LogP contribution in [0.25, 0.3) is 0 Å². The molecule has 0 saturated heterocycles. The van der Waals surface area contributed by atoms with Gasteiger partial charge in [-0.2, -0.15) is 0 Å². The van der Waals surface area contributed by atoms with Crippen LogP contribution in [-0.4, -0.2) is 19.0 Å². The minimum atomic E-state index is 0.172. The number of allylic oxidation sites excluding steroid dienone is 3. The highest BCUT2D eigenvalue weighted by Gasteiger charge is 2.30. The highest BCUT2D eigenvalue weighted by molar-refractivity contribution is 5.92. The Morgan fingerprint density at radius 1 is 1.43 bits per heavy atom. The maximum absolute atomic E-state index is 11.5. The first-order chi connectivity index (χ1) is 6.70. The fourth-order valence-electron chi connectivity index (χ4n) is 2.45. The van der Waals surface area contributed by atoms with Crippen LogP contribution in [-0.2, 0) is 9.53 Å². The standard InChI is InChI=1S/C12H16O2/c1-8-5-9-3-4-12(14-2)11(9)7-10(13)6-8/h5,7,9,12H,3-4,6H2,1-2H3/t9-,12-/m0/s1. The molecule has 2 heteroatoms. The lowest BCUT2D eigenvalue weighted by molar-refractivity contribution is -0.114. The van der Waals surface area contributed by atoms with Crippen molar-refractivity contribution in [2.24, 2.45) is 5.92 Å². The summed E-state index contributed by atoms with van der Waals surface area (Å²) in [6.45, 7) is 2.04. The summed E-state index contributed by atoms with van der Waals surface area (Å²) in [6, 6.07) is 0. The lowest BCUT2D eigenvalue weighted by atomic mass is 10.0. The molecule has 0 heterocycles. The first kappa shape index (κ1) is 9.66. The first-order valence-electron chi connectivity index (χ1n) is 5.15. The summed E-state index contributed by atoms with van der Waals surface area (Å²) in [5.41, 5.74) is 2.39. The Morgan fingerprint density at radius 3 is 2.93 bits per heavy atom. The topological polar surface area (TPSA) is 26.3 Å². The van der Waals surface area contributed by atoms with E-state index in [1.54, 1.807) is 13.2 Å². The van der Waals surface area contributed by atoms with Crippen LogP contribution >= 0.6 is 0 Å². The normalized spacial score (nSPS) is 32.0. The van der Waals surface area contributed by atoms with E-state index in [0.717, 1.165) is 12.8 Å². The monoisotopic (exact) mass is 192 g/mol. The molecule has 1 saturated carbocycles. The SMILES string of the molecule is CO[C@H]1CC[C@H]2C=C(C)CC(=O)C=C21. The van der Waals surface area contributed by atoms with Crippen LogP contribution < -0.4 is 0 Å². The Labute approximate surface area is 84.6 Å². The fraction of sp³-hybridized carbons (Fsp3) is 0.583. The van der Waals surface area contributed by atoms with Gasteiger partial charge in [-0.1, -0.05) is 11.6 Å². The van der Waals surface area contributed by atoms with Crippen molar-refractivity contribution < 1.29 is 9.53 Å². The predicted octanol–water partition coefficient (Wildman–Crippen LogP) is 2.26. The lowest BCUT2D eigenvalue weighted by Crippen LogP contribution is -2.10. The number of hydrogen-bond donors (Lipinski definition) is 0. The Hall–Kier alpha value is -0.890. The van der Waals surface area contributed by atoms with E-state index in [1.165, 1.54) is 11.1 Å². The van der Waals surface area contributed by atoms with Gasteiger partial charge in [0.15, 0.2) is 5.78 Å². The van der Waals surface area contributed by atoms with E-state index < -0.39 is 0 Å². The molecular formula is C12H16O2. The third-order valence-electron chi connectivity index (χ3n) is 3.09. The van der Waals surface area contributed by atoms with E-state index in [9.17, 15) is 4.79 Å². The fourth-order valence-corrected chi connectivity index (χ4v) is 2.45. The molecule has 14 heavy (non-hydrogen) atoms. The number of fused-ring (bicyclic) bond motifs is 1. The van der Waals surface area contributed by atoms with Crippen molar-refractivity contribution in [3.8, 4) is 0 Å². The number of rotatable bonds is 1. The van der Waals surface area contributed by atoms with Crippen LogP contribution in [0, 0.1) is 5.92 Å². The molecule has 2 rings (SSSR count). The third kappa shape index (κ3) is 1.67. The van der Waals surface area contributed by atoms with Gasteiger partial charge in [0, 0.05) is 19.4 Å². The minimum absolute atomic E-state index is 0.172. The Kier molecular flexibility index (Phi) is 2.55. The zero-order chi connectivity index (χ0) is 10.1. The average Bonchev–Trinajstić information content (AvgIpc) is 2.41. The van der Waals surface area contributed by atoms with Crippen molar-refractivity contribution in [1.82, 2.24) is 0 Å². The molecule has 0 aromatic carbocycles. The van der Waals surface area contributed by atoms with Crippen molar-refractivity contribution in [3.05, 3.63) is 23.3 Å². The van der Waals surface area contributed by atoms with Crippen molar-refractivity contribution >= 4 is 5.78 Å². The number of ketones is 1. The summed E-state index contributed by atoms with van der Waals surface area (Å²) in [4.78, 5) is 11.5. The van der Waals surface area contributed by atoms with Crippen molar-refractivity contribution in [2.75, 3.05) is 7.11 Å². The van der Waals surface area contributed by atoms with E-state index in [0.29, 0.717) is 12.3 Å². The van der Waals surface area contributed by atoms with Gasteiger partial charge in [-0.15, -0.1) is 0 Å². The van der Waals surface area contributed by atoms with Gasteiger partial charge in [-0.05, 0) is 31.4 Å². The Morgan fingerprint density at radius 2 is 2.21 bits per heavy atom. The molecule has 0 radical (unpaired) electrons. The zero-order valence-corrected chi connectivity index (χ0v) is 8.75. The van der Waals surface area contributed by atoms with Crippen molar-refractivity contribution in [3.63, 3.8) is 0 Å². The van der Waals surface area contributed by atoms with Gasteiger partial charge in [0.05, 0.1) is 6.10 Å². The molecule has 0 aliphatic heterocycles. The summed E-state index contributed by atoms with van der Waals surface area (Å²) < 4.78 is 5.37. The van der Waals surface area contributed by atoms with Gasteiger partial charge in [0.25, 0.3) is 0 Å². The third-order valence-corrected chi connectivity index (χ3v) is 3.09. The molecule has 76 valence electrons. The quantitative estimate of drug-likeness (QED) is 0.596. The van der Waals surface area contributed by atoms with Gasteiger partial charge in [0.1, 0.15) is 0 Å². The number of ether oxygens (including phenoxy) is 1. The Balaban J connectivity index is 2.32. The molecule has 0 N–H and O–H groups in total. The van der Waals surface area contributed by atoms with E-state index >= 15 is 0 Å². The van der Waals surface area contributed by atoms with Crippen LogP contribution in [0.1, 0.15) is 26.2 Å². The largest absolute Gasteiger partial charge is 0.377 e. The Bertz CT molecular complexity index is 312. The summed E-state index contributed by atoms with van der Waals surface area (Å²) in [5.74, 6) is 0.673. The summed E-state index contributed by atoms with van der Waals surface area (Å²) in [5, 5.41) is 0. The molecule has 2 atom stereocenters. The van der Waals surface area contributed by atoms with Gasteiger partial charge >= 0.3 is 0 Å². The molecule has 0 aromatic rings. The summed E-state index contributed by atoms with van der Waals surface area (Å²) >= 11 is 0. The van der Waals surface area contributed by atoms with Crippen LogP contribution in [0.2, 0.25) is 0 Å². The maximum Gasteiger partial charge on any atom is 0.159 e. The number of carbonyl (C=O) groups is 1. The molecule has 0 spiro atoms. The van der Waals surface area contributed by atoms with Gasteiger partial charge in [0.2, 0.25) is 0 Å². The van der Waals surface area contributed by atoms with Gasteiger partial charge in [-0.25, -0.2) is 0 Å². The van der Waals surface area contributed by atoms with E-state index in [-0.39, 0.29) is 11.9 Å². The molecule has 0 bridgehead atoms. The second-order valence-electron chi connectivity index (χ2n) is 4.21. The first-order valence-corrected chi connectivity index (χ1v) is 5.15. The highest BCUT2D eigenvalue weighted by atomic mass is 16.5. The molecule has 0 amide bonds. The van der Waals surface area contributed by atoms with E-state index in [4.69, 9.17) is 4.74 Å². The molecule has 2 aliphatic rings. The van der Waals surface area contributed by atoms with Crippen molar-refractivity contribution in [1.29, 1.82) is 0 Å². The smallest absolute Gasteiger partial charge is 0.159 e. The van der Waals surface area contributed by atoms with E-state index in [1.807, 2.05) is 6.92 Å². The van der Waals surface area contributed by atoms with Gasteiger partial charge < -0.3 is 4.74 Å². The second-order valence-corrected chi connectivity index (χ2v) is 4.21. The van der Waals surface area contributed by atoms with Crippen LogP contribution in [0.3, 0.4) is 0 Å². The van der Waals surface area contributed by atoms with Crippen molar-refractivity contribution in [2.45, 2.75) is 32.3 Å². The van der Waals surface area contributed by atoms with Crippen LogP contribution in [0.15, 0.2) is 23.3 Å². The van der Waals surface area contributed by atoms with Gasteiger partial charge in [-0.3, -0.25) is 4.79 Å². The zero-order valence-electron chi connectivity index (χ0n) is 8.75. The maximum atomic E-state index is 11.5. The number of hydrogen-bond acceptors (Lipinski definition) is 2. The molecule has 0 aromatic heterocycles. The highest BCUT2D eigenvalue weighted by Crippen LogP contribution is 2.36. The molecule has 0 unspecified atom stereocenters. The molecule has 2 nitrogen and oxygen atoms in total. The summed E-state index contributed by atoms with van der Waals surface area (Å²) in [7, 11) is 1.72. The van der Waals surface area contributed by atoms with Crippen LogP contribution in [0.4, 0.5) is 0 Å². The lowest BCUT2D eigenvalue weighted by Gasteiger charge is -2.11. The average molecular weight is 192 g/mol. The van der Waals surface area contributed by atoms with E-state index in [2.05, 4.69) is 6.08 Å². The molecule has 1 fully saturated rings. The van der Waals surface area contributed by atoms with Crippen LogP contribution in [0.5, 0.6) is 0 Å². The number of carbonyl (C=O) groups excluding carboxylic acids is 1. The summed E-state index contributed by atoms with van der Waals surface area (Å²) in [6.07, 6.45) is 6.95. The number of methoxy groups -OCH3 is 1. The second kappa shape index (κ2) is 3.70. The minimum Gasteiger partial charge on any atom is -0.377 e. The molecule has 2 aliphatic carbocycles. The predicted molar refractivity (Wildman–Crippen MR) is 55.0 cm³/mol. The molecular weight excluding hydrogens is 176 g/mol.